The molecule has 2 aliphatic heterocycles. The number of methoxy groups -OCH3 is 1. The van der Waals surface area contributed by atoms with Crippen LogP contribution >= 0.6 is 24.0 Å². The maximum atomic E-state index is 13.5. The first-order chi connectivity index (χ1) is 16.9. The summed E-state index contributed by atoms with van der Waals surface area (Å²) < 4.78 is 7.19. The Labute approximate surface area is 212 Å². The number of rotatable bonds is 5. The smallest absolute Gasteiger partial charge is 0.267 e. The van der Waals surface area contributed by atoms with Crippen LogP contribution in [0.25, 0.3) is 11.7 Å². The molecule has 8 nitrogen and oxygen atoms in total. The van der Waals surface area contributed by atoms with Crippen molar-refractivity contribution in [2.75, 3.05) is 45.2 Å². The van der Waals surface area contributed by atoms with Crippen molar-refractivity contribution in [3.05, 3.63) is 75.0 Å². The second-order valence-electron chi connectivity index (χ2n) is 8.49. The number of pyridine rings is 1. The summed E-state index contributed by atoms with van der Waals surface area (Å²) in [7, 11) is 3.69. The Kier molecular flexibility index (Phi) is 6.59. The first-order valence-electron chi connectivity index (χ1n) is 11.3. The normalized spacial score (nSPS) is 18.2. The Balaban J connectivity index is 1.51. The van der Waals surface area contributed by atoms with Gasteiger partial charge < -0.3 is 14.5 Å². The van der Waals surface area contributed by atoms with Gasteiger partial charge in [-0.25, -0.2) is 4.98 Å². The van der Waals surface area contributed by atoms with Crippen molar-refractivity contribution in [2.45, 2.75) is 6.54 Å². The SMILES string of the molecule is COc1ccc(CN2C(=O)/C(=C/c3c(N4CCN(C)CC4)nc4ccccn4c3=O)SC2=S)cc1. The number of piperazine rings is 1. The van der Waals surface area contributed by atoms with Crippen LogP contribution in [-0.4, -0.2) is 69.7 Å². The number of nitrogens with zero attached hydrogens (tertiary/aromatic N) is 5. The molecular weight excluding hydrogens is 482 g/mol. The van der Waals surface area contributed by atoms with Crippen LogP contribution in [0.5, 0.6) is 5.75 Å². The highest BCUT2D eigenvalue weighted by Gasteiger charge is 2.33. The van der Waals surface area contributed by atoms with Crippen LogP contribution in [-0.2, 0) is 11.3 Å². The number of hydrogen-bond acceptors (Lipinski definition) is 8. The van der Waals surface area contributed by atoms with Gasteiger partial charge in [-0.2, -0.15) is 0 Å². The second-order valence-corrected chi connectivity index (χ2v) is 10.2. The number of anilines is 1. The molecule has 35 heavy (non-hydrogen) atoms. The molecule has 0 unspecified atom stereocenters. The Bertz CT molecular complexity index is 1380. The van der Waals surface area contributed by atoms with Crippen LogP contribution in [0.15, 0.2) is 58.4 Å². The van der Waals surface area contributed by atoms with E-state index >= 15 is 0 Å². The molecule has 0 radical (unpaired) electrons. The summed E-state index contributed by atoms with van der Waals surface area (Å²) >= 11 is 6.74. The monoisotopic (exact) mass is 507 g/mol. The zero-order valence-electron chi connectivity index (χ0n) is 19.5. The highest BCUT2D eigenvalue weighted by Crippen LogP contribution is 2.34. The standard InChI is InChI=1S/C25H25N5O3S2/c1-27-11-13-28(14-12-27)22-19(23(31)29-10-4-3-5-21(29)26-22)15-20-24(32)30(25(34)35-20)16-17-6-8-18(33-2)9-7-17/h3-10,15H,11-14,16H2,1-2H3/b20-15-. The number of carbonyl (C=O) groups is 1. The van der Waals surface area contributed by atoms with E-state index in [9.17, 15) is 9.59 Å². The Morgan fingerprint density at radius 2 is 1.83 bits per heavy atom. The number of thiocarbonyl (C=S) groups is 1. The molecule has 2 fully saturated rings. The van der Waals surface area contributed by atoms with Crippen molar-refractivity contribution in [1.82, 2.24) is 19.2 Å². The number of likely N-dealkylation sites (N-methyl/N-ethyl adjacent to an activating group) is 1. The highest BCUT2D eigenvalue weighted by molar-refractivity contribution is 8.26. The van der Waals surface area contributed by atoms with E-state index in [1.807, 2.05) is 36.4 Å². The van der Waals surface area contributed by atoms with Crippen LogP contribution < -0.4 is 15.2 Å². The van der Waals surface area contributed by atoms with Gasteiger partial charge in [-0.1, -0.05) is 42.2 Å². The van der Waals surface area contributed by atoms with Crippen LogP contribution in [0, 0.1) is 0 Å². The predicted molar refractivity (Wildman–Crippen MR) is 143 cm³/mol. The van der Waals surface area contributed by atoms with Gasteiger partial charge in [0.2, 0.25) is 0 Å². The van der Waals surface area contributed by atoms with Gasteiger partial charge in [0, 0.05) is 32.4 Å². The van der Waals surface area contributed by atoms with E-state index in [-0.39, 0.29) is 11.5 Å². The molecule has 0 atom stereocenters. The minimum atomic E-state index is -0.210. The lowest BCUT2D eigenvalue weighted by Gasteiger charge is -2.34. The molecule has 1 aromatic carbocycles. The van der Waals surface area contributed by atoms with E-state index in [4.69, 9.17) is 21.9 Å². The average molecular weight is 508 g/mol. The topological polar surface area (TPSA) is 70.4 Å². The number of ether oxygens (including phenoxy) is 1. The molecule has 4 heterocycles. The van der Waals surface area contributed by atoms with Crippen LogP contribution in [0.2, 0.25) is 0 Å². The molecule has 0 N–H and O–H groups in total. The maximum Gasteiger partial charge on any atom is 0.267 e. The summed E-state index contributed by atoms with van der Waals surface area (Å²) in [6.07, 6.45) is 3.36. The molecule has 0 saturated carbocycles. The molecule has 1 amide bonds. The average Bonchev–Trinajstić information content (AvgIpc) is 3.14. The number of thioether (sulfide) groups is 1. The lowest BCUT2D eigenvalue weighted by atomic mass is 10.2. The van der Waals surface area contributed by atoms with Gasteiger partial charge in [-0.3, -0.25) is 18.9 Å². The van der Waals surface area contributed by atoms with Crippen LogP contribution in [0.3, 0.4) is 0 Å². The van der Waals surface area contributed by atoms with Crippen molar-refractivity contribution >= 4 is 51.7 Å². The van der Waals surface area contributed by atoms with Gasteiger partial charge in [0.25, 0.3) is 11.5 Å². The zero-order chi connectivity index (χ0) is 24.5. The van der Waals surface area contributed by atoms with E-state index in [2.05, 4.69) is 16.8 Å². The number of amides is 1. The molecule has 10 heteroatoms. The van der Waals surface area contributed by atoms with Crippen molar-refractivity contribution in [1.29, 1.82) is 0 Å². The zero-order valence-corrected chi connectivity index (χ0v) is 21.1. The highest BCUT2D eigenvalue weighted by atomic mass is 32.2. The molecule has 180 valence electrons. The first kappa shape index (κ1) is 23.5. The summed E-state index contributed by atoms with van der Waals surface area (Å²) in [6, 6.07) is 13.0. The second kappa shape index (κ2) is 9.80. The summed E-state index contributed by atoms with van der Waals surface area (Å²) in [4.78, 5) is 38.0. The molecule has 2 aromatic heterocycles. The van der Waals surface area contributed by atoms with Gasteiger partial charge >= 0.3 is 0 Å². The minimum absolute atomic E-state index is 0.204. The third kappa shape index (κ3) is 4.69. The summed E-state index contributed by atoms with van der Waals surface area (Å²) in [5.74, 6) is 1.15. The third-order valence-electron chi connectivity index (χ3n) is 6.20. The summed E-state index contributed by atoms with van der Waals surface area (Å²) in [6.45, 7) is 3.61. The van der Waals surface area contributed by atoms with Crippen LogP contribution in [0.4, 0.5) is 5.82 Å². The van der Waals surface area contributed by atoms with E-state index in [0.29, 0.717) is 32.8 Å². The molecule has 3 aromatic rings. The molecule has 2 aliphatic rings. The van der Waals surface area contributed by atoms with Crippen molar-refractivity contribution in [2.24, 2.45) is 0 Å². The minimum Gasteiger partial charge on any atom is -0.497 e. The summed E-state index contributed by atoms with van der Waals surface area (Å²) in [5.41, 5.74) is 1.72. The van der Waals surface area contributed by atoms with E-state index in [1.165, 1.54) is 16.2 Å². The lowest BCUT2D eigenvalue weighted by molar-refractivity contribution is -0.122. The van der Waals surface area contributed by atoms with Gasteiger partial charge in [0.1, 0.15) is 21.5 Å². The Morgan fingerprint density at radius 1 is 1.09 bits per heavy atom. The number of carbonyl (C=O) groups excluding carboxylic acids is 1. The van der Waals surface area contributed by atoms with Gasteiger partial charge in [-0.05, 0) is 43.0 Å². The van der Waals surface area contributed by atoms with Gasteiger partial charge in [-0.15, -0.1) is 0 Å². The van der Waals surface area contributed by atoms with Gasteiger partial charge in [0.05, 0.1) is 24.1 Å². The fraction of sp³-hybridized carbons (Fsp3) is 0.280. The Morgan fingerprint density at radius 3 is 2.54 bits per heavy atom. The molecule has 5 rings (SSSR count). The molecule has 0 aliphatic carbocycles. The predicted octanol–water partition coefficient (Wildman–Crippen LogP) is 2.86. The van der Waals surface area contributed by atoms with Crippen LogP contribution in [0.1, 0.15) is 11.1 Å². The van der Waals surface area contributed by atoms with E-state index in [0.717, 1.165) is 37.5 Å². The Hall–Kier alpha value is -3.21. The lowest BCUT2D eigenvalue weighted by Crippen LogP contribution is -2.45. The molecule has 0 bridgehead atoms. The quantitative estimate of drug-likeness (QED) is 0.386. The molecular formula is C25H25N5O3S2. The largest absolute Gasteiger partial charge is 0.497 e. The van der Waals surface area contributed by atoms with E-state index < -0.39 is 0 Å². The third-order valence-corrected chi connectivity index (χ3v) is 7.58. The fourth-order valence-corrected chi connectivity index (χ4v) is 5.39. The fourth-order valence-electron chi connectivity index (χ4n) is 4.16. The number of benzene rings is 1. The maximum absolute atomic E-state index is 13.5. The first-order valence-corrected chi connectivity index (χ1v) is 12.5. The number of fused-ring (bicyclic) bond motifs is 1. The summed E-state index contributed by atoms with van der Waals surface area (Å²) in [5, 5.41) is 0. The number of hydrogen-bond donors (Lipinski definition) is 0. The number of aromatic nitrogens is 2. The molecule has 2 saturated heterocycles. The van der Waals surface area contributed by atoms with Crippen molar-refractivity contribution in [3.63, 3.8) is 0 Å². The van der Waals surface area contributed by atoms with Gasteiger partial charge in [0.15, 0.2) is 0 Å². The molecule has 0 spiro atoms. The van der Waals surface area contributed by atoms with E-state index in [1.54, 1.807) is 30.3 Å². The van der Waals surface area contributed by atoms with Crippen molar-refractivity contribution in [3.8, 4) is 5.75 Å². The van der Waals surface area contributed by atoms with Crippen molar-refractivity contribution < 1.29 is 9.53 Å².